The number of carbonyl (C=O) groups is 1. The van der Waals surface area contributed by atoms with Crippen LogP contribution in [0.15, 0.2) is 48.5 Å². The summed E-state index contributed by atoms with van der Waals surface area (Å²) in [6.45, 7) is -0.701. The number of amides is 1. The van der Waals surface area contributed by atoms with E-state index in [1.165, 1.54) is 25.3 Å². The van der Waals surface area contributed by atoms with E-state index in [1.807, 2.05) is 30.3 Å². The molecule has 1 N–H and O–H groups in total. The van der Waals surface area contributed by atoms with E-state index in [9.17, 15) is 13.6 Å². The van der Waals surface area contributed by atoms with Gasteiger partial charge in [0.15, 0.2) is 18.1 Å². The molecule has 1 aliphatic heterocycles. The summed E-state index contributed by atoms with van der Waals surface area (Å²) >= 11 is 0. The molecule has 7 heteroatoms. The number of carbonyl (C=O) groups excluding carboxylic acids is 1. The average Bonchev–Trinajstić information content (AvgIpc) is 2.62. The number of benzene rings is 2. The van der Waals surface area contributed by atoms with Crippen molar-refractivity contribution in [3.63, 3.8) is 0 Å². The quantitative estimate of drug-likeness (QED) is 0.894. The molecule has 1 aliphatic rings. The summed E-state index contributed by atoms with van der Waals surface area (Å²) in [5.74, 6) is -2.49. The van der Waals surface area contributed by atoms with Crippen molar-refractivity contribution < 1.29 is 27.8 Å². The third-order valence-corrected chi connectivity index (χ3v) is 3.84. The van der Waals surface area contributed by atoms with Crippen molar-refractivity contribution in [3.05, 3.63) is 59.7 Å². The lowest BCUT2D eigenvalue weighted by Crippen LogP contribution is -2.49. The summed E-state index contributed by atoms with van der Waals surface area (Å²) in [5, 5.41) is 2.15. The Kier molecular flexibility index (Phi) is 4.74. The predicted molar refractivity (Wildman–Crippen MR) is 85.9 cm³/mol. The lowest BCUT2D eigenvalue weighted by atomic mass is 9.99. The van der Waals surface area contributed by atoms with Gasteiger partial charge in [-0.05, 0) is 23.3 Å². The van der Waals surface area contributed by atoms with Crippen LogP contribution in [0.4, 0.5) is 13.6 Å². The number of hydrogen-bond donors (Lipinski definition) is 1. The van der Waals surface area contributed by atoms with E-state index < -0.39 is 24.7 Å². The first-order chi connectivity index (χ1) is 12.0. The van der Waals surface area contributed by atoms with Crippen molar-refractivity contribution in [3.8, 4) is 11.5 Å². The van der Waals surface area contributed by atoms with Crippen molar-refractivity contribution >= 4 is 6.09 Å². The highest BCUT2D eigenvalue weighted by Gasteiger charge is 2.47. The maximum Gasteiger partial charge on any atom is 0.408 e. The van der Waals surface area contributed by atoms with Crippen molar-refractivity contribution in [1.82, 2.24) is 5.32 Å². The Labute approximate surface area is 143 Å². The molecular formula is C18H17F2NO4. The Hall–Kier alpha value is -2.83. The fourth-order valence-corrected chi connectivity index (χ4v) is 2.56. The largest absolute Gasteiger partial charge is 0.493 e. The molecule has 1 heterocycles. The topological polar surface area (TPSA) is 56.8 Å². The first kappa shape index (κ1) is 17.0. The molecule has 2 aromatic carbocycles. The lowest BCUT2D eigenvalue weighted by Gasteiger charge is -2.32. The first-order valence-electron chi connectivity index (χ1n) is 7.65. The van der Waals surface area contributed by atoms with Crippen LogP contribution in [0.5, 0.6) is 11.5 Å². The van der Waals surface area contributed by atoms with Crippen molar-refractivity contribution in [2.45, 2.75) is 18.6 Å². The molecule has 0 aromatic heterocycles. The lowest BCUT2D eigenvalue weighted by molar-refractivity contribution is -0.104. The van der Waals surface area contributed by atoms with Crippen molar-refractivity contribution in [2.24, 2.45) is 0 Å². The molecule has 0 spiro atoms. The minimum Gasteiger partial charge on any atom is -0.493 e. The van der Waals surface area contributed by atoms with Gasteiger partial charge in [0.2, 0.25) is 0 Å². The molecule has 1 amide bonds. The third kappa shape index (κ3) is 3.81. The zero-order valence-corrected chi connectivity index (χ0v) is 13.5. The molecule has 0 bridgehead atoms. The van der Waals surface area contributed by atoms with Crippen LogP contribution >= 0.6 is 0 Å². The molecule has 0 saturated carbocycles. The fraction of sp³-hybridized carbons (Fsp3) is 0.278. The highest BCUT2D eigenvalue weighted by molar-refractivity contribution is 5.69. The standard InChI is InChI=1S/C18H17F2NO4/c1-23-14-8-7-13(16-18(19,20)11-25-17(22)21-16)9-15(14)24-10-12-5-3-2-4-6-12/h2-9,16H,10-11H2,1H3,(H,21,22)/t16-/m1/s1. The molecule has 25 heavy (non-hydrogen) atoms. The van der Waals surface area contributed by atoms with Crippen LogP contribution in [0.25, 0.3) is 0 Å². The second-order valence-corrected chi connectivity index (χ2v) is 5.60. The molecule has 5 nitrogen and oxygen atoms in total. The average molecular weight is 349 g/mol. The summed E-state index contributed by atoms with van der Waals surface area (Å²) in [4.78, 5) is 11.3. The van der Waals surface area contributed by atoms with Gasteiger partial charge in [-0.25, -0.2) is 13.6 Å². The van der Waals surface area contributed by atoms with Gasteiger partial charge in [0.05, 0.1) is 7.11 Å². The van der Waals surface area contributed by atoms with Crippen LogP contribution in [-0.4, -0.2) is 25.7 Å². The van der Waals surface area contributed by atoms with Crippen LogP contribution in [-0.2, 0) is 11.3 Å². The molecule has 3 rings (SSSR count). The maximum atomic E-state index is 14.1. The molecule has 0 radical (unpaired) electrons. The number of nitrogens with one attached hydrogen (secondary N) is 1. The number of halogens is 2. The Morgan fingerprint density at radius 1 is 1.20 bits per heavy atom. The van der Waals surface area contributed by atoms with Gasteiger partial charge in [-0.2, -0.15) is 0 Å². The van der Waals surface area contributed by atoms with E-state index in [4.69, 9.17) is 9.47 Å². The Morgan fingerprint density at radius 2 is 1.96 bits per heavy atom. The predicted octanol–water partition coefficient (Wildman–Crippen LogP) is 3.69. The van der Waals surface area contributed by atoms with Crippen LogP contribution < -0.4 is 14.8 Å². The molecule has 2 aromatic rings. The monoisotopic (exact) mass is 349 g/mol. The summed E-state index contributed by atoms with van der Waals surface area (Å²) in [6, 6.07) is 12.4. The van der Waals surface area contributed by atoms with Gasteiger partial charge >= 0.3 is 12.0 Å². The van der Waals surface area contributed by atoms with Gasteiger partial charge in [-0.3, -0.25) is 0 Å². The molecule has 1 saturated heterocycles. The summed E-state index contributed by atoms with van der Waals surface area (Å²) in [5.41, 5.74) is 1.14. The van der Waals surface area contributed by atoms with Crippen LogP contribution in [0.2, 0.25) is 0 Å². The number of alkyl carbamates (subject to hydrolysis) is 1. The fourth-order valence-electron chi connectivity index (χ4n) is 2.56. The number of hydrogen-bond acceptors (Lipinski definition) is 4. The smallest absolute Gasteiger partial charge is 0.408 e. The van der Waals surface area contributed by atoms with Gasteiger partial charge in [0, 0.05) is 0 Å². The van der Waals surface area contributed by atoms with E-state index in [0.717, 1.165) is 5.56 Å². The van der Waals surface area contributed by atoms with Crippen LogP contribution in [0.3, 0.4) is 0 Å². The number of ether oxygens (including phenoxy) is 3. The molecule has 0 unspecified atom stereocenters. The SMILES string of the molecule is COc1ccc([C@H]2NC(=O)OCC2(F)F)cc1OCc1ccccc1. The highest BCUT2D eigenvalue weighted by Crippen LogP contribution is 2.38. The summed E-state index contributed by atoms with van der Waals surface area (Å²) < 4.78 is 43.5. The van der Waals surface area contributed by atoms with E-state index in [2.05, 4.69) is 10.1 Å². The first-order valence-corrected chi connectivity index (χ1v) is 7.65. The van der Waals surface area contributed by atoms with Gasteiger partial charge in [0.1, 0.15) is 12.6 Å². The zero-order chi connectivity index (χ0) is 17.9. The molecular weight excluding hydrogens is 332 g/mol. The molecule has 132 valence electrons. The summed E-state index contributed by atoms with van der Waals surface area (Å²) in [7, 11) is 1.47. The van der Waals surface area contributed by atoms with Gasteiger partial charge in [-0.15, -0.1) is 0 Å². The third-order valence-electron chi connectivity index (χ3n) is 3.84. The normalized spacial score (nSPS) is 18.8. The number of rotatable bonds is 5. The number of methoxy groups -OCH3 is 1. The van der Waals surface area contributed by atoms with E-state index in [0.29, 0.717) is 11.5 Å². The van der Waals surface area contributed by atoms with Crippen LogP contribution in [0.1, 0.15) is 17.2 Å². The Morgan fingerprint density at radius 3 is 2.68 bits per heavy atom. The highest BCUT2D eigenvalue weighted by atomic mass is 19.3. The second-order valence-electron chi connectivity index (χ2n) is 5.60. The van der Waals surface area contributed by atoms with E-state index in [1.54, 1.807) is 0 Å². The molecule has 1 atom stereocenters. The van der Waals surface area contributed by atoms with Crippen molar-refractivity contribution in [1.29, 1.82) is 0 Å². The molecule has 1 fully saturated rings. The van der Waals surface area contributed by atoms with E-state index in [-0.39, 0.29) is 12.2 Å². The van der Waals surface area contributed by atoms with Crippen molar-refractivity contribution in [2.75, 3.05) is 13.7 Å². The summed E-state index contributed by atoms with van der Waals surface area (Å²) in [6.07, 6.45) is -0.876. The number of cyclic esters (lactones) is 1. The maximum absolute atomic E-state index is 14.1. The van der Waals surface area contributed by atoms with Gasteiger partial charge < -0.3 is 19.5 Å². The Bertz CT molecular complexity index is 752. The zero-order valence-electron chi connectivity index (χ0n) is 13.5. The van der Waals surface area contributed by atoms with Gasteiger partial charge in [0.25, 0.3) is 0 Å². The Balaban J connectivity index is 1.85. The van der Waals surface area contributed by atoms with Crippen LogP contribution in [0, 0.1) is 0 Å². The van der Waals surface area contributed by atoms with E-state index >= 15 is 0 Å². The minimum absolute atomic E-state index is 0.213. The molecule has 0 aliphatic carbocycles. The van der Waals surface area contributed by atoms with Gasteiger partial charge in [-0.1, -0.05) is 36.4 Å². The minimum atomic E-state index is -3.22. The number of alkyl halides is 2. The second kappa shape index (κ2) is 6.96.